The Labute approximate surface area is 367 Å². The largest absolute Gasteiger partial charge is 0.472 e. The number of allylic oxidation sites excluding steroid dienone is 8. The van der Waals surface area contributed by atoms with Gasteiger partial charge in [0.25, 0.3) is 0 Å². The van der Waals surface area contributed by atoms with E-state index in [2.05, 4.69) is 62.5 Å². The minimum absolute atomic E-state index is 0.0868. The van der Waals surface area contributed by atoms with Crippen molar-refractivity contribution in [2.45, 2.75) is 224 Å². The number of aliphatic hydroxyl groups is 5. The summed E-state index contributed by atoms with van der Waals surface area (Å²) in [6, 6.07) is 0. The average Bonchev–Trinajstić information content (AvgIpc) is 3.24. The van der Waals surface area contributed by atoms with Crippen molar-refractivity contribution in [1.29, 1.82) is 0 Å². The number of hydrogen-bond acceptors (Lipinski definition) is 12. The van der Waals surface area contributed by atoms with Gasteiger partial charge in [0, 0.05) is 12.8 Å². The van der Waals surface area contributed by atoms with Crippen LogP contribution in [0.2, 0.25) is 0 Å². The van der Waals surface area contributed by atoms with Crippen molar-refractivity contribution in [1.82, 2.24) is 0 Å². The third kappa shape index (κ3) is 29.7. The van der Waals surface area contributed by atoms with Crippen LogP contribution < -0.4 is 0 Å². The fraction of sp³-hybridized carbons (Fsp3) is 0.787. The standard InChI is InChI=1S/C47H83O13P/c1-3-5-7-9-11-13-15-17-19-20-22-24-26-28-30-32-34-36-41(49)59-39(38-58-61(55,56)60-47-45(53)43(51)42(50)44(52)46(47)54)37-57-40(48)35-33-31-29-27-25-23-21-18-16-14-12-10-8-6-4-2/h6,8,12,14,17-19,21,39,42-47,50-54H,3-5,7,9-11,13,15-16,20,22-38H2,1-2H3,(H,55,56)/b8-6+,14-12+,19-17+,21-18+/t39-,42?,43+,44?,45?,46?,47?/m1/s1. The average molecular weight is 887 g/mol. The molecule has 1 aliphatic carbocycles. The lowest BCUT2D eigenvalue weighted by atomic mass is 9.85. The molecule has 0 spiro atoms. The number of unbranched alkanes of at least 4 members (excludes halogenated alkanes) is 18. The van der Waals surface area contributed by atoms with Gasteiger partial charge in [0.15, 0.2) is 6.10 Å². The highest BCUT2D eigenvalue weighted by molar-refractivity contribution is 7.47. The summed E-state index contributed by atoms with van der Waals surface area (Å²) in [6.45, 7) is 3.16. The Morgan fingerprint density at radius 2 is 0.934 bits per heavy atom. The van der Waals surface area contributed by atoms with Gasteiger partial charge in [-0.3, -0.25) is 18.6 Å². The molecule has 0 aromatic rings. The molecule has 1 aliphatic rings. The van der Waals surface area contributed by atoms with Crippen molar-refractivity contribution >= 4 is 19.8 Å². The number of aliphatic hydroxyl groups excluding tert-OH is 5. The Kier molecular flexibility index (Phi) is 34.7. The number of hydrogen-bond donors (Lipinski definition) is 6. The monoisotopic (exact) mass is 887 g/mol. The van der Waals surface area contributed by atoms with Crippen LogP contribution in [0.5, 0.6) is 0 Å². The van der Waals surface area contributed by atoms with E-state index in [9.17, 15) is 44.6 Å². The van der Waals surface area contributed by atoms with Gasteiger partial charge in [-0.15, -0.1) is 0 Å². The minimum atomic E-state index is -5.12. The van der Waals surface area contributed by atoms with E-state index < -0.39 is 75.7 Å². The number of phosphoric ester groups is 1. The summed E-state index contributed by atoms with van der Waals surface area (Å²) in [5.74, 6) is -1.12. The Bertz CT molecular complexity index is 1250. The maximum Gasteiger partial charge on any atom is 0.472 e. The molecule has 0 aromatic heterocycles. The van der Waals surface area contributed by atoms with Crippen LogP contribution >= 0.6 is 7.82 Å². The predicted octanol–water partition coefficient (Wildman–Crippen LogP) is 9.17. The fourth-order valence-corrected chi connectivity index (χ4v) is 7.86. The van der Waals surface area contributed by atoms with Crippen molar-refractivity contribution in [2.24, 2.45) is 0 Å². The van der Waals surface area contributed by atoms with E-state index in [0.29, 0.717) is 12.8 Å². The quantitative estimate of drug-likeness (QED) is 0.0148. The lowest BCUT2D eigenvalue weighted by Gasteiger charge is -2.41. The van der Waals surface area contributed by atoms with E-state index in [4.69, 9.17) is 18.5 Å². The van der Waals surface area contributed by atoms with Crippen LogP contribution in [0.25, 0.3) is 0 Å². The lowest BCUT2D eigenvalue weighted by molar-refractivity contribution is -0.220. The summed E-state index contributed by atoms with van der Waals surface area (Å²) >= 11 is 0. The van der Waals surface area contributed by atoms with Crippen molar-refractivity contribution < 1.29 is 63.1 Å². The Morgan fingerprint density at radius 3 is 1.44 bits per heavy atom. The zero-order valence-corrected chi connectivity index (χ0v) is 38.3. The third-order valence-corrected chi connectivity index (χ3v) is 11.6. The zero-order chi connectivity index (χ0) is 45.0. The van der Waals surface area contributed by atoms with E-state index in [1.807, 2.05) is 0 Å². The van der Waals surface area contributed by atoms with Gasteiger partial charge in [0.05, 0.1) is 6.61 Å². The molecule has 1 fully saturated rings. The topological polar surface area (TPSA) is 210 Å². The minimum Gasteiger partial charge on any atom is -0.462 e. The fourth-order valence-electron chi connectivity index (χ4n) is 6.88. The van der Waals surface area contributed by atoms with Crippen molar-refractivity contribution in [3.05, 3.63) is 48.6 Å². The van der Waals surface area contributed by atoms with E-state index in [0.717, 1.165) is 89.9 Å². The van der Waals surface area contributed by atoms with Crippen LogP contribution in [0.3, 0.4) is 0 Å². The number of ether oxygens (including phenoxy) is 2. The van der Waals surface area contributed by atoms with Crippen LogP contribution in [0, 0.1) is 0 Å². The highest BCUT2D eigenvalue weighted by Gasteiger charge is 2.51. The normalized spacial score (nSPS) is 22.4. The van der Waals surface area contributed by atoms with Crippen molar-refractivity contribution in [3.63, 3.8) is 0 Å². The Balaban J connectivity index is 2.46. The SMILES string of the molecule is CC/C=C/C/C=C/C/C=C/CCCCCCCC(=O)OC[C@H](COP(=O)(O)OC1C(O)C(O)C(O)[C@H](O)C1O)OC(=O)CCCCCCCCC/C=C/CCCCCCCC. The van der Waals surface area contributed by atoms with Crippen LogP contribution in [0.1, 0.15) is 181 Å². The first-order valence-electron chi connectivity index (χ1n) is 23.4. The summed E-state index contributed by atoms with van der Waals surface area (Å²) in [5.41, 5.74) is 0. The van der Waals surface area contributed by atoms with E-state index in [-0.39, 0.29) is 12.8 Å². The van der Waals surface area contributed by atoms with Crippen molar-refractivity contribution in [2.75, 3.05) is 13.2 Å². The number of carbonyl (C=O) groups is 2. The molecule has 6 unspecified atom stereocenters. The van der Waals surface area contributed by atoms with Crippen LogP contribution in [0.4, 0.5) is 0 Å². The highest BCUT2D eigenvalue weighted by atomic mass is 31.2. The summed E-state index contributed by atoms with van der Waals surface area (Å²) in [5, 5.41) is 50.2. The van der Waals surface area contributed by atoms with Gasteiger partial charge in [-0.2, -0.15) is 0 Å². The number of rotatable bonds is 38. The molecule has 61 heavy (non-hydrogen) atoms. The molecule has 0 aliphatic heterocycles. The smallest absolute Gasteiger partial charge is 0.462 e. The summed E-state index contributed by atoms with van der Waals surface area (Å²) < 4.78 is 33.5. The van der Waals surface area contributed by atoms with Gasteiger partial charge in [0.2, 0.25) is 0 Å². The van der Waals surface area contributed by atoms with Crippen molar-refractivity contribution in [3.8, 4) is 0 Å². The molecular weight excluding hydrogens is 803 g/mol. The molecule has 13 nitrogen and oxygen atoms in total. The number of esters is 2. The molecule has 0 radical (unpaired) electrons. The van der Waals surface area contributed by atoms with Crippen LogP contribution in [-0.4, -0.2) is 98.3 Å². The maximum absolute atomic E-state index is 12.8. The van der Waals surface area contributed by atoms with Gasteiger partial charge >= 0.3 is 19.8 Å². The van der Waals surface area contributed by atoms with E-state index in [1.165, 1.54) is 51.4 Å². The molecule has 0 aromatic carbocycles. The van der Waals surface area contributed by atoms with Gasteiger partial charge in [0.1, 0.15) is 43.2 Å². The first-order chi connectivity index (χ1) is 29.4. The van der Waals surface area contributed by atoms with Crippen LogP contribution in [0.15, 0.2) is 48.6 Å². The van der Waals surface area contributed by atoms with Gasteiger partial charge in [-0.1, -0.05) is 146 Å². The first-order valence-corrected chi connectivity index (χ1v) is 24.9. The molecule has 14 heteroatoms. The maximum atomic E-state index is 12.8. The molecule has 1 saturated carbocycles. The molecule has 0 saturated heterocycles. The number of phosphoric acid groups is 1. The number of carbonyl (C=O) groups excluding carboxylic acids is 2. The summed E-state index contributed by atoms with van der Waals surface area (Å²) in [7, 11) is -5.12. The summed E-state index contributed by atoms with van der Waals surface area (Å²) in [4.78, 5) is 35.7. The molecule has 0 amide bonds. The molecule has 6 N–H and O–H groups in total. The second-order valence-electron chi connectivity index (χ2n) is 16.2. The Hall–Kier alpha value is -2.19. The predicted molar refractivity (Wildman–Crippen MR) is 239 cm³/mol. The molecular formula is C47H83O13P. The van der Waals surface area contributed by atoms with Crippen LogP contribution in [-0.2, 0) is 32.7 Å². The second-order valence-corrected chi connectivity index (χ2v) is 17.6. The summed E-state index contributed by atoms with van der Waals surface area (Å²) in [6.07, 6.45) is 30.2. The molecule has 0 bridgehead atoms. The third-order valence-electron chi connectivity index (χ3n) is 10.7. The van der Waals surface area contributed by atoms with Gasteiger partial charge in [-0.05, 0) is 70.6 Å². The first kappa shape index (κ1) is 56.8. The molecule has 1 rings (SSSR count). The molecule has 8 atom stereocenters. The zero-order valence-electron chi connectivity index (χ0n) is 37.4. The van der Waals surface area contributed by atoms with E-state index >= 15 is 0 Å². The van der Waals surface area contributed by atoms with E-state index in [1.54, 1.807) is 0 Å². The lowest BCUT2D eigenvalue weighted by Crippen LogP contribution is -2.64. The van der Waals surface area contributed by atoms with Gasteiger partial charge < -0.3 is 39.9 Å². The molecule has 354 valence electrons. The second kappa shape index (κ2) is 37.2. The molecule has 0 heterocycles. The Morgan fingerprint density at radius 1 is 0.525 bits per heavy atom. The van der Waals surface area contributed by atoms with Gasteiger partial charge in [-0.25, -0.2) is 4.57 Å². The highest BCUT2D eigenvalue weighted by Crippen LogP contribution is 2.47.